The topological polar surface area (TPSA) is 84.7 Å². The van der Waals surface area contributed by atoms with Gasteiger partial charge in [-0.2, -0.15) is 0 Å². The second kappa shape index (κ2) is 6.63. The average Bonchev–Trinajstić information content (AvgIpc) is 2.39. The number of nitrogens with one attached hydrogen (secondary N) is 1. The molecule has 0 saturated heterocycles. The monoisotopic (exact) mass is 265 g/mol. The lowest BCUT2D eigenvalue weighted by Gasteiger charge is -2.13. The van der Waals surface area contributed by atoms with Crippen molar-refractivity contribution in [3.05, 3.63) is 23.8 Å². The number of anilines is 2. The third-order valence-electron chi connectivity index (χ3n) is 2.60. The van der Waals surface area contributed by atoms with Crippen LogP contribution in [0, 0.1) is 0 Å². The lowest BCUT2D eigenvalue weighted by molar-refractivity contribution is -0.128. The minimum Gasteiger partial charge on any atom is -0.465 e. The minimum absolute atomic E-state index is 0.0163. The van der Waals surface area contributed by atoms with E-state index < -0.39 is 5.97 Å². The molecule has 19 heavy (non-hydrogen) atoms. The smallest absolute Gasteiger partial charge is 0.340 e. The molecule has 0 saturated carbocycles. The normalized spacial score (nSPS) is 9.84. The van der Waals surface area contributed by atoms with Crippen LogP contribution < -0.4 is 11.1 Å². The minimum atomic E-state index is -0.464. The summed E-state index contributed by atoms with van der Waals surface area (Å²) < 4.78 is 4.69. The Kier molecular flexibility index (Phi) is 5.17. The van der Waals surface area contributed by atoms with E-state index in [9.17, 15) is 9.59 Å². The average molecular weight is 265 g/mol. The summed E-state index contributed by atoms with van der Waals surface area (Å²) in [6, 6.07) is 4.92. The van der Waals surface area contributed by atoms with Gasteiger partial charge in [-0.3, -0.25) is 4.79 Å². The van der Waals surface area contributed by atoms with E-state index in [-0.39, 0.29) is 5.91 Å². The zero-order valence-corrected chi connectivity index (χ0v) is 11.4. The second-order valence-corrected chi connectivity index (χ2v) is 4.26. The molecule has 0 heterocycles. The van der Waals surface area contributed by atoms with Gasteiger partial charge in [0.2, 0.25) is 5.91 Å². The van der Waals surface area contributed by atoms with Gasteiger partial charge in [0.1, 0.15) is 0 Å². The van der Waals surface area contributed by atoms with Crippen molar-refractivity contribution in [2.45, 2.75) is 6.42 Å². The van der Waals surface area contributed by atoms with E-state index in [0.29, 0.717) is 29.9 Å². The summed E-state index contributed by atoms with van der Waals surface area (Å²) in [5.74, 6) is -0.448. The molecule has 1 amide bonds. The zero-order chi connectivity index (χ0) is 14.4. The molecule has 0 aliphatic carbocycles. The van der Waals surface area contributed by atoms with E-state index in [1.165, 1.54) is 12.0 Å². The van der Waals surface area contributed by atoms with E-state index in [4.69, 9.17) is 5.73 Å². The second-order valence-electron chi connectivity index (χ2n) is 4.26. The molecular weight excluding hydrogens is 246 g/mol. The molecule has 0 spiro atoms. The van der Waals surface area contributed by atoms with Gasteiger partial charge in [0.25, 0.3) is 0 Å². The van der Waals surface area contributed by atoms with E-state index in [1.54, 1.807) is 32.3 Å². The maximum atomic E-state index is 11.6. The molecule has 0 aliphatic rings. The fourth-order valence-corrected chi connectivity index (χ4v) is 1.52. The molecule has 1 aromatic rings. The molecular formula is C13H19N3O3. The van der Waals surface area contributed by atoms with Crippen LogP contribution in [0.4, 0.5) is 11.4 Å². The van der Waals surface area contributed by atoms with E-state index >= 15 is 0 Å². The summed E-state index contributed by atoms with van der Waals surface area (Å²) in [5.41, 5.74) is 7.09. The van der Waals surface area contributed by atoms with Crippen molar-refractivity contribution in [2.75, 3.05) is 38.8 Å². The molecule has 0 aromatic heterocycles. The predicted octanol–water partition coefficient (Wildman–Crippen LogP) is 0.946. The van der Waals surface area contributed by atoms with Crippen molar-refractivity contribution in [1.82, 2.24) is 4.90 Å². The fourth-order valence-electron chi connectivity index (χ4n) is 1.52. The van der Waals surface area contributed by atoms with Crippen molar-refractivity contribution >= 4 is 23.3 Å². The number of rotatable bonds is 5. The molecule has 6 heteroatoms. The third kappa shape index (κ3) is 4.17. The van der Waals surface area contributed by atoms with Gasteiger partial charge < -0.3 is 20.7 Å². The van der Waals surface area contributed by atoms with Crippen molar-refractivity contribution in [1.29, 1.82) is 0 Å². The van der Waals surface area contributed by atoms with Crippen LogP contribution in [0.5, 0.6) is 0 Å². The summed E-state index contributed by atoms with van der Waals surface area (Å²) in [4.78, 5) is 24.6. The lowest BCUT2D eigenvalue weighted by atomic mass is 10.1. The molecule has 0 unspecified atom stereocenters. The van der Waals surface area contributed by atoms with Crippen molar-refractivity contribution in [2.24, 2.45) is 0 Å². The molecule has 3 N–H and O–H groups in total. The maximum absolute atomic E-state index is 11.6. The Balaban J connectivity index is 2.73. The number of nitrogens with two attached hydrogens (primary N) is 1. The quantitative estimate of drug-likeness (QED) is 0.611. The number of methoxy groups -OCH3 is 1. The number of esters is 1. The largest absolute Gasteiger partial charge is 0.465 e. The lowest BCUT2D eigenvalue weighted by Crippen LogP contribution is -2.24. The van der Waals surface area contributed by atoms with Gasteiger partial charge in [-0.1, -0.05) is 0 Å². The maximum Gasteiger partial charge on any atom is 0.340 e. The highest BCUT2D eigenvalue weighted by atomic mass is 16.5. The highest BCUT2D eigenvalue weighted by Gasteiger charge is 2.12. The standard InChI is InChI=1S/C13H19N3O3/c1-16(2)12(17)6-7-15-11-5-4-9(14)8-10(11)13(18)19-3/h4-5,8,15H,6-7,14H2,1-3H3. The molecule has 1 rings (SSSR count). The Morgan fingerprint density at radius 3 is 2.63 bits per heavy atom. The van der Waals surface area contributed by atoms with Crippen LogP contribution in [0.2, 0.25) is 0 Å². The third-order valence-corrected chi connectivity index (χ3v) is 2.60. The van der Waals surface area contributed by atoms with Gasteiger partial charge in [-0.05, 0) is 18.2 Å². The highest BCUT2D eigenvalue weighted by molar-refractivity contribution is 5.96. The number of ether oxygens (including phenoxy) is 1. The summed E-state index contributed by atoms with van der Waals surface area (Å²) in [6.07, 6.45) is 0.345. The van der Waals surface area contributed by atoms with Crippen LogP contribution in [0.3, 0.4) is 0 Å². The van der Waals surface area contributed by atoms with Crippen LogP contribution in [-0.4, -0.2) is 44.5 Å². The first-order chi connectivity index (χ1) is 8.95. The number of amides is 1. The Labute approximate surface area is 112 Å². The molecule has 0 radical (unpaired) electrons. The predicted molar refractivity (Wildman–Crippen MR) is 74.0 cm³/mol. The molecule has 0 atom stereocenters. The first kappa shape index (κ1) is 14.8. The molecule has 0 fully saturated rings. The number of hydrogen-bond acceptors (Lipinski definition) is 5. The van der Waals surface area contributed by atoms with E-state index in [2.05, 4.69) is 10.1 Å². The number of benzene rings is 1. The van der Waals surface area contributed by atoms with Crippen molar-refractivity contribution < 1.29 is 14.3 Å². The summed E-state index contributed by atoms with van der Waals surface area (Å²) in [7, 11) is 4.71. The van der Waals surface area contributed by atoms with Crippen LogP contribution in [0.15, 0.2) is 18.2 Å². The van der Waals surface area contributed by atoms with Crippen LogP contribution in [0.25, 0.3) is 0 Å². The molecule has 104 valence electrons. The molecule has 1 aromatic carbocycles. The summed E-state index contributed by atoms with van der Waals surface area (Å²) in [5, 5.41) is 3.04. The SMILES string of the molecule is COC(=O)c1cc(N)ccc1NCCC(=O)N(C)C. The fraction of sp³-hybridized carbons (Fsp3) is 0.385. The number of hydrogen-bond donors (Lipinski definition) is 2. The van der Waals surface area contributed by atoms with E-state index in [0.717, 1.165) is 0 Å². The van der Waals surface area contributed by atoms with Gasteiger partial charge in [0, 0.05) is 38.4 Å². The Morgan fingerprint density at radius 1 is 1.37 bits per heavy atom. The van der Waals surface area contributed by atoms with Gasteiger partial charge in [-0.25, -0.2) is 4.79 Å². The Bertz CT molecular complexity index is 472. The van der Waals surface area contributed by atoms with Crippen LogP contribution >= 0.6 is 0 Å². The Morgan fingerprint density at radius 2 is 2.05 bits per heavy atom. The van der Waals surface area contributed by atoms with Gasteiger partial charge in [0.15, 0.2) is 0 Å². The zero-order valence-electron chi connectivity index (χ0n) is 11.4. The number of carbonyl (C=O) groups is 2. The number of nitrogens with zero attached hydrogens (tertiary/aromatic N) is 1. The van der Waals surface area contributed by atoms with Crippen molar-refractivity contribution in [3.8, 4) is 0 Å². The first-order valence-electron chi connectivity index (χ1n) is 5.87. The molecule has 0 bridgehead atoms. The van der Waals surface area contributed by atoms with Gasteiger partial charge in [0.05, 0.1) is 12.7 Å². The summed E-state index contributed by atoms with van der Waals surface area (Å²) >= 11 is 0. The summed E-state index contributed by atoms with van der Waals surface area (Å²) in [6.45, 7) is 0.435. The molecule has 0 aliphatic heterocycles. The first-order valence-corrected chi connectivity index (χ1v) is 5.87. The molecule has 6 nitrogen and oxygen atoms in total. The van der Waals surface area contributed by atoms with Crippen molar-refractivity contribution in [3.63, 3.8) is 0 Å². The highest BCUT2D eigenvalue weighted by Crippen LogP contribution is 2.19. The van der Waals surface area contributed by atoms with Crippen LogP contribution in [0.1, 0.15) is 16.8 Å². The number of nitrogen functional groups attached to an aromatic ring is 1. The van der Waals surface area contributed by atoms with Gasteiger partial charge >= 0.3 is 5.97 Å². The van der Waals surface area contributed by atoms with E-state index in [1.807, 2.05) is 0 Å². The Hall–Kier alpha value is -2.24. The van der Waals surface area contributed by atoms with Crippen LogP contribution in [-0.2, 0) is 9.53 Å². The number of carbonyl (C=O) groups excluding carboxylic acids is 2. The van der Waals surface area contributed by atoms with Gasteiger partial charge in [-0.15, -0.1) is 0 Å².